The zero-order valence-electron chi connectivity index (χ0n) is 15.8. The van der Waals surface area contributed by atoms with E-state index in [0.29, 0.717) is 50.8 Å². The lowest BCUT2D eigenvalue weighted by Crippen LogP contribution is -2.49. The lowest BCUT2D eigenvalue weighted by molar-refractivity contribution is -0.144. The van der Waals surface area contributed by atoms with Crippen molar-refractivity contribution in [2.45, 2.75) is 25.9 Å². The molecule has 4 rings (SSSR count). The number of aromatic nitrogens is 4. The molecule has 0 unspecified atom stereocenters. The second kappa shape index (κ2) is 7.25. The fraction of sp³-hybridized carbons (Fsp3) is 0.588. The predicted octanol–water partition coefficient (Wildman–Crippen LogP) is 0.723. The van der Waals surface area contributed by atoms with Crippen LogP contribution in [0.25, 0.3) is 5.78 Å². The number of likely N-dealkylation sites (tertiary alicyclic amines) is 1. The second-order valence-electron chi connectivity index (χ2n) is 7.17. The molecule has 0 aliphatic carbocycles. The van der Waals surface area contributed by atoms with Gasteiger partial charge in [0.15, 0.2) is 0 Å². The molecule has 2 amide bonds. The summed E-state index contributed by atoms with van der Waals surface area (Å²) in [6, 6.07) is 1.69. The summed E-state index contributed by atoms with van der Waals surface area (Å²) in [5, 5.41) is 3.61. The molecule has 0 aromatic carbocycles. The molecule has 2 fully saturated rings. The second-order valence-corrected chi connectivity index (χ2v) is 7.17. The first-order valence-corrected chi connectivity index (χ1v) is 9.34. The van der Waals surface area contributed by atoms with Crippen LogP contribution < -0.4 is 4.90 Å². The van der Waals surface area contributed by atoms with Gasteiger partial charge in [-0.25, -0.2) is 4.98 Å². The van der Waals surface area contributed by atoms with Crippen molar-refractivity contribution in [2.24, 2.45) is 0 Å². The van der Waals surface area contributed by atoms with E-state index in [-0.39, 0.29) is 30.4 Å². The molecule has 0 spiro atoms. The number of amides is 2. The number of anilines is 1. The van der Waals surface area contributed by atoms with E-state index in [0.717, 1.165) is 4.52 Å². The van der Waals surface area contributed by atoms with E-state index >= 15 is 0 Å². The van der Waals surface area contributed by atoms with Gasteiger partial charge in [0.25, 0.3) is 11.6 Å². The Morgan fingerprint density at radius 3 is 2.28 bits per heavy atom. The van der Waals surface area contributed by atoms with Crippen LogP contribution in [0.3, 0.4) is 0 Å². The lowest BCUT2D eigenvalue weighted by atomic mass is 10.3. The first kappa shape index (κ1) is 19.6. The maximum Gasteiger partial charge on any atom is 0.453 e. The van der Waals surface area contributed by atoms with E-state index < -0.39 is 12.0 Å². The molecule has 9 nitrogen and oxygen atoms in total. The summed E-state index contributed by atoms with van der Waals surface area (Å²) in [6.07, 6.45) is -4.08. The third-order valence-electron chi connectivity index (χ3n) is 5.17. The van der Waals surface area contributed by atoms with Gasteiger partial charge in [0, 0.05) is 63.9 Å². The van der Waals surface area contributed by atoms with Crippen LogP contribution in [0.2, 0.25) is 0 Å². The largest absolute Gasteiger partial charge is 0.453 e. The number of piperazine rings is 1. The minimum absolute atomic E-state index is 0.0826. The van der Waals surface area contributed by atoms with Crippen LogP contribution in [0.4, 0.5) is 19.0 Å². The molecule has 4 heterocycles. The Bertz CT molecular complexity index is 934. The smallest absolute Gasteiger partial charge is 0.354 e. The number of carbonyl (C=O) groups excluding carboxylic acids is 2. The van der Waals surface area contributed by atoms with Crippen molar-refractivity contribution in [3.8, 4) is 0 Å². The van der Waals surface area contributed by atoms with Crippen LogP contribution >= 0.6 is 0 Å². The van der Waals surface area contributed by atoms with Crippen LogP contribution in [-0.2, 0) is 15.8 Å². The number of alkyl halides is 3. The van der Waals surface area contributed by atoms with Crippen molar-refractivity contribution in [3.05, 3.63) is 17.6 Å². The Morgan fingerprint density at radius 1 is 1.00 bits per heavy atom. The number of aryl methyl sites for hydroxylation is 1. The summed E-state index contributed by atoms with van der Waals surface area (Å²) >= 11 is 0. The number of fused-ring (bicyclic) bond motifs is 1. The first-order valence-electron chi connectivity index (χ1n) is 9.34. The van der Waals surface area contributed by atoms with Crippen molar-refractivity contribution in [2.75, 3.05) is 44.2 Å². The molecule has 2 aliphatic rings. The summed E-state index contributed by atoms with van der Waals surface area (Å²) in [5.74, 6) is -1.04. The van der Waals surface area contributed by atoms with Crippen LogP contribution in [0.15, 0.2) is 6.07 Å². The molecule has 0 atom stereocenters. The molecule has 156 valence electrons. The maximum atomic E-state index is 13.0. The molecule has 29 heavy (non-hydrogen) atoms. The van der Waals surface area contributed by atoms with Crippen LogP contribution in [0.1, 0.15) is 24.4 Å². The minimum Gasteiger partial charge on any atom is -0.354 e. The van der Waals surface area contributed by atoms with Gasteiger partial charge in [0.1, 0.15) is 5.82 Å². The van der Waals surface area contributed by atoms with Gasteiger partial charge in [-0.2, -0.15) is 22.7 Å². The van der Waals surface area contributed by atoms with Crippen LogP contribution in [-0.4, -0.2) is 80.5 Å². The predicted molar refractivity (Wildman–Crippen MR) is 95.1 cm³/mol. The lowest BCUT2D eigenvalue weighted by Gasteiger charge is -2.36. The summed E-state index contributed by atoms with van der Waals surface area (Å²) in [4.78, 5) is 36.3. The number of carbonyl (C=O) groups is 2. The molecule has 0 radical (unpaired) electrons. The number of nitrogens with zero attached hydrogens (tertiary/aromatic N) is 7. The zero-order chi connectivity index (χ0) is 20.8. The summed E-state index contributed by atoms with van der Waals surface area (Å²) < 4.78 is 40.1. The van der Waals surface area contributed by atoms with Crippen LogP contribution in [0, 0.1) is 6.92 Å². The molecule has 0 saturated carbocycles. The van der Waals surface area contributed by atoms with Crippen molar-refractivity contribution in [1.29, 1.82) is 0 Å². The van der Waals surface area contributed by atoms with Gasteiger partial charge in [0.2, 0.25) is 11.8 Å². The van der Waals surface area contributed by atoms with Crippen molar-refractivity contribution < 1.29 is 22.8 Å². The van der Waals surface area contributed by atoms with Crippen molar-refractivity contribution >= 4 is 23.4 Å². The number of halogens is 3. The third-order valence-corrected chi connectivity index (χ3v) is 5.17. The fourth-order valence-electron chi connectivity index (χ4n) is 3.63. The topological polar surface area (TPSA) is 86.9 Å². The highest BCUT2D eigenvalue weighted by Crippen LogP contribution is 2.28. The molecule has 0 N–H and O–H groups in total. The number of hydrogen-bond acceptors (Lipinski definition) is 7. The Hall–Kier alpha value is -2.76. The third kappa shape index (κ3) is 3.88. The molecule has 0 bridgehead atoms. The van der Waals surface area contributed by atoms with E-state index in [1.807, 2.05) is 4.90 Å². The molecule has 2 aromatic heterocycles. The summed E-state index contributed by atoms with van der Waals surface area (Å²) in [7, 11) is 0. The maximum absolute atomic E-state index is 13.0. The van der Waals surface area contributed by atoms with Crippen LogP contribution in [0.5, 0.6) is 0 Å². The van der Waals surface area contributed by atoms with Gasteiger partial charge in [-0.05, 0) is 6.92 Å². The zero-order valence-corrected chi connectivity index (χ0v) is 15.8. The van der Waals surface area contributed by atoms with Gasteiger partial charge >= 0.3 is 6.18 Å². The molecule has 2 aliphatic heterocycles. The highest BCUT2D eigenvalue weighted by Gasteiger charge is 2.37. The monoisotopic (exact) mass is 411 g/mol. The van der Waals surface area contributed by atoms with Crippen molar-refractivity contribution in [3.63, 3.8) is 0 Å². The minimum atomic E-state index is -4.64. The number of rotatable bonds is 4. The highest BCUT2D eigenvalue weighted by molar-refractivity contribution is 6.01. The van der Waals surface area contributed by atoms with E-state index in [1.165, 1.54) is 4.90 Å². The van der Waals surface area contributed by atoms with Gasteiger partial charge in [-0.15, -0.1) is 5.10 Å². The first-order chi connectivity index (χ1) is 13.7. The highest BCUT2D eigenvalue weighted by atomic mass is 19.4. The number of imide groups is 1. The fourth-order valence-corrected chi connectivity index (χ4v) is 3.63. The standard InChI is InChI=1S/C17H20F3N7O2/c1-11-10-12(27-16(21-11)22-15(23-27)17(18,19)20)25-7-4-24(5-8-25)6-9-26-13(28)2-3-14(26)29/h10H,2-9H2,1H3. The normalized spacial score (nSPS) is 19.0. The molecule has 2 saturated heterocycles. The van der Waals surface area contributed by atoms with Gasteiger partial charge in [-0.1, -0.05) is 0 Å². The average Bonchev–Trinajstić information content (AvgIpc) is 3.23. The molecular weight excluding hydrogens is 391 g/mol. The summed E-state index contributed by atoms with van der Waals surface area (Å²) in [5.41, 5.74) is 0.558. The van der Waals surface area contributed by atoms with Gasteiger partial charge in [-0.3, -0.25) is 19.4 Å². The summed E-state index contributed by atoms with van der Waals surface area (Å²) in [6.45, 7) is 5.10. The Morgan fingerprint density at radius 2 is 1.66 bits per heavy atom. The van der Waals surface area contributed by atoms with E-state index in [9.17, 15) is 22.8 Å². The van der Waals surface area contributed by atoms with E-state index in [2.05, 4.69) is 20.0 Å². The van der Waals surface area contributed by atoms with E-state index in [4.69, 9.17) is 0 Å². The molecule has 2 aromatic rings. The average molecular weight is 411 g/mol. The quantitative estimate of drug-likeness (QED) is 0.686. The Kier molecular flexibility index (Phi) is 4.89. The van der Waals surface area contributed by atoms with Crippen molar-refractivity contribution in [1.82, 2.24) is 29.4 Å². The van der Waals surface area contributed by atoms with Gasteiger partial charge in [0.05, 0.1) is 0 Å². The van der Waals surface area contributed by atoms with Gasteiger partial charge < -0.3 is 4.90 Å². The Balaban J connectivity index is 1.44. The Labute approximate surface area is 164 Å². The molecular formula is C17H20F3N7O2. The molecule has 12 heteroatoms. The SMILES string of the molecule is Cc1cc(N2CCN(CCN3C(=O)CCC3=O)CC2)n2nc(C(F)(F)F)nc2n1. The van der Waals surface area contributed by atoms with E-state index in [1.54, 1.807) is 13.0 Å². The number of hydrogen-bond donors (Lipinski definition) is 0.